The van der Waals surface area contributed by atoms with E-state index >= 15 is 0 Å². The molecule has 0 N–H and O–H groups in total. The van der Waals surface area contributed by atoms with Crippen molar-refractivity contribution in [3.63, 3.8) is 0 Å². The Morgan fingerprint density at radius 3 is 1.76 bits per heavy atom. The summed E-state index contributed by atoms with van der Waals surface area (Å²) in [5, 5.41) is 2.41. The van der Waals surface area contributed by atoms with Crippen LogP contribution in [0.4, 0.5) is 22.7 Å². The van der Waals surface area contributed by atoms with Gasteiger partial charge in [0.15, 0.2) is 5.75 Å². The molecule has 50 heavy (non-hydrogen) atoms. The van der Waals surface area contributed by atoms with E-state index in [9.17, 15) is 0 Å². The van der Waals surface area contributed by atoms with Crippen LogP contribution in [0.1, 0.15) is 25.0 Å². The van der Waals surface area contributed by atoms with Crippen LogP contribution in [0.25, 0.3) is 27.6 Å². The van der Waals surface area contributed by atoms with Gasteiger partial charge < -0.3 is 14.5 Å². The molecular weight excluding hydrogens is 613 g/mol. The molecule has 9 rings (SSSR count). The third-order valence-corrected chi connectivity index (χ3v) is 10.0. The van der Waals surface area contributed by atoms with E-state index in [0.29, 0.717) is 6.67 Å². The van der Waals surface area contributed by atoms with Crippen molar-refractivity contribution in [2.45, 2.75) is 19.3 Å². The Labute approximate surface area is 292 Å². The minimum Gasteiger partial charge on any atom is -0.453 e. The van der Waals surface area contributed by atoms with Gasteiger partial charge in [-0.25, -0.2) is 4.98 Å². The number of hydrogen-bond donors (Lipinski definition) is 0. The first kappa shape index (κ1) is 29.8. The van der Waals surface area contributed by atoms with Crippen LogP contribution < -0.4 is 14.5 Å². The number of ether oxygens (including phenoxy) is 1. The Morgan fingerprint density at radius 1 is 0.540 bits per heavy atom. The van der Waals surface area contributed by atoms with Crippen molar-refractivity contribution in [2.24, 2.45) is 0 Å². The van der Waals surface area contributed by atoms with Crippen LogP contribution in [0.15, 0.2) is 170 Å². The maximum atomic E-state index is 7.03. The molecule has 2 aromatic heterocycles. The number of hydrogen-bond acceptors (Lipinski definition) is 4. The highest BCUT2D eigenvalue weighted by Crippen LogP contribution is 2.48. The first-order valence-corrected chi connectivity index (χ1v) is 17.1. The molecule has 0 unspecified atom stereocenters. The molecule has 0 radical (unpaired) electrons. The third-order valence-electron chi connectivity index (χ3n) is 10.0. The largest absolute Gasteiger partial charge is 0.453 e. The highest BCUT2D eigenvalue weighted by molar-refractivity contribution is 6.09. The molecule has 0 spiro atoms. The van der Waals surface area contributed by atoms with E-state index in [-0.39, 0.29) is 0 Å². The Bertz CT molecular complexity index is 2430. The monoisotopic (exact) mass is 648 g/mol. The fraction of sp³-hybridized carbons (Fsp3) is 0.0889. The lowest BCUT2D eigenvalue weighted by atomic mass is 9.78. The van der Waals surface area contributed by atoms with Crippen LogP contribution >= 0.6 is 0 Å². The van der Waals surface area contributed by atoms with Crippen LogP contribution in [0.2, 0.25) is 0 Å². The van der Waals surface area contributed by atoms with Gasteiger partial charge in [-0.05, 0) is 60.2 Å². The summed E-state index contributed by atoms with van der Waals surface area (Å²) >= 11 is 0. The minimum absolute atomic E-state index is 0.396. The number of fused-ring (bicyclic) bond motifs is 4. The number of nitrogens with zero attached hydrogens (tertiary/aromatic N) is 4. The van der Waals surface area contributed by atoms with Crippen LogP contribution in [0.3, 0.4) is 0 Å². The lowest BCUT2D eigenvalue weighted by Gasteiger charge is -2.29. The number of anilines is 4. The van der Waals surface area contributed by atoms with Gasteiger partial charge in [-0.3, -0.25) is 4.57 Å². The molecule has 242 valence electrons. The molecule has 3 heterocycles. The normalized spacial score (nSPS) is 12.8. The van der Waals surface area contributed by atoms with E-state index in [0.717, 1.165) is 56.7 Å². The average Bonchev–Trinajstić information content (AvgIpc) is 3.72. The standard InChI is InChI=1S/C45H36N4O/c1-45(2,32-17-5-3-6-18-32)36-29-44(49-37-23-11-9-21-34(37)35-22-10-12-24-38(35)49)46-30-43(36)50-42-28-16-15-27-41(42)48-31-47(33-19-7-4-8-20-33)39-25-13-14-26-40(39)48/h3-30H,31H2,1-2H3. The first-order valence-electron chi connectivity index (χ1n) is 17.1. The minimum atomic E-state index is -0.396. The van der Waals surface area contributed by atoms with Crippen molar-refractivity contribution >= 4 is 44.6 Å². The van der Waals surface area contributed by atoms with Crippen molar-refractivity contribution in [3.05, 3.63) is 181 Å². The molecule has 8 aromatic rings. The van der Waals surface area contributed by atoms with Gasteiger partial charge in [-0.15, -0.1) is 0 Å². The number of pyridine rings is 1. The molecule has 0 fully saturated rings. The van der Waals surface area contributed by atoms with Gasteiger partial charge in [0.05, 0.1) is 34.3 Å². The zero-order valence-corrected chi connectivity index (χ0v) is 28.1. The Balaban J connectivity index is 1.18. The first-order chi connectivity index (χ1) is 24.6. The van der Waals surface area contributed by atoms with Crippen molar-refractivity contribution in [1.82, 2.24) is 9.55 Å². The van der Waals surface area contributed by atoms with Crippen molar-refractivity contribution in [1.29, 1.82) is 0 Å². The van der Waals surface area contributed by atoms with Gasteiger partial charge in [0, 0.05) is 27.4 Å². The molecule has 0 bridgehead atoms. The fourth-order valence-electron chi connectivity index (χ4n) is 7.44. The van der Waals surface area contributed by atoms with Gasteiger partial charge in [-0.2, -0.15) is 0 Å². The van der Waals surface area contributed by atoms with E-state index in [2.05, 4.69) is 186 Å². The van der Waals surface area contributed by atoms with Crippen molar-refractivity contribution in [2.75, 3.05) is 16.5 Å². The summed E-state index contributed by atoms with van der Waals surface area (Å²) in [5.74, 6) is 2.35. The summed E-state index contributed by atoms with van der Waals surface area (Å²) in [6.45, 7) is 5.19. The Kier molecular flexibility index (Phi) is 7.13. The second kappa shape index (κ2) is 12.0. The van der Waals surface area contributed by atoms with Gasteiger partial charge in [0.2, 0.25) is 0 Å². The lowest BCUT2D eigenvalue weighted by molar-refractivity contribution is 0.459. The maximum Gasteiger partial charge on any atom is 0.151 e. The van der Waals surface area contributed by atoms with Gasteiger partial charge in [-0.1, -0.05) is 123 Å². The van der Waals surface area contributed by atoms with Crippen LogP contribution in [-0.2, 0) is 5.41 Å². The van der Waals surface area contributed by atoms with Crippen LogP contribution in [0, 0.1) is 0 Å². The summed E-state index contributed by atoms with van der Waals surface area (Å²) in [6.07, 6.45) is 1.91. The van der Waals surface area contributed by atoms with E-state index in [1.807, 2.05) is 12.3 Å². The number of aromatic nitrogens is 2. The second-order valence-corrected chi connectivity index (χ2v) is 13.3. The zero-order chi connectivity index (χ0) is 33.7. The van der Waals surface area contributed by atoms with Gasteiger partial charge in [0.1, 0.15) is 18.2 Å². The summed E-state index contributed by atoms with van der Waals surface area (Å²) in [4.78, 5) is 9.79. The fourth-order valence-corrected chi connectivity index (χ4v) is 7.44. The molecule has 0 saturated carbocycles. The lowest BCUT2D eigenvalue weighted by Crippen LogP contribution is -2.24. The third kappa shape index (κ3) is 4.89. The topological polar surface area (TPSA) is 33.5 Å². The van der Waals surface area contributed by atoms with Crippen molar-refractivity contribution < 1.29 is 4.74 Å². The highest BCUT2D eigenvalue weighted by atomic mass is 16.5. The summed E-state index contributed by atoms with van der Waals surface area (Å²) in [5.41, 5.74) is 8.55. The molecule has 0 aliphatic carbocycles. The molecular formula is C45H36N4O. The Hall–Kier alpha value is -6.33. The average molecular weight is 649 g/mol. The quantitative estimate of drug-likeness (QED) is 0.172. The van der Waals surface area contributed by atoms with E-state index in [1.54, 1.807) is 0 Å². The predicted octanol–water partition coefficient (Wildman–Crippen LogP) is 11.5. The maximum absolute atomic E-state index is 7.03. The number of para-hydroxylation sites is 7. The van der Waals surface area contributed by atoms with E-state index in [1.165, 1.54) is 16.3 Å². The molecule has 1 aliphatic heterocycles. The smallest absolute Gasteiger partial charge is 0.151 e. The second-order valence-electron chi connectivity index (χ2n) is 13.3. The molecule has 0 atom stereocenters. The molecule has 6 aromatic carbocycles. The highest BCUT2D eigenvalue weighted by Gasteiger charge is 2.32. The Morgan fingerprint density at radius 2 is 1.08 bits per heavy atom. The molecule has 5 heteroatoms. The molecule has 0 amide bonds. The molecule has 5 nitrogen and oxygen atoms in total. The van der Waals surface area contributed by atoms with Gasteiger partial charge in [0.25, 0.3) is 0 Å². The summed E-state index contributed by atoms with van der Waals surface area (Å²) in [7, 11) is 0. The van der Waals surface area contributed by atoms with E-state index in [4.69, 9.17) is 9.72 Å². The predicted molar refractivity (Wildman–Crippen MR) is 206 cm³/mol. The van der Waals surface area contributed by atoms with Crippen LogP contribution in [0.5, 0.6) is 11.5 Å². The summed E-state index contributed by atoms with van der Waals surface area (Å²) < 4.78 is 9.30. The summed E-state index contributed by atoms with van der Waals surface area (Å²) in [6, 6.07) is 57.4. The number of benzene rings is 6. The van der Waals surface area contributed by atoms with Gasteiger partial charge >= 0.3 is 0 Å². The van der Waals surface area contributed by atoms with E-state index < -0.39 is 5.41 Å². The molecule has 0 saturated heterocycles. The molecule has 1 aliphatic rings. The zero-order valence-electron chi connectivity index (χ0n) is 28.1. The van der Waals surface area contributed by atoms with Crippen LogP contribution in [-0.4, -0.2) is 16.2 Å². The SMILES string of the molecule is CC(C)(c1ccccc1)c1cc(-n2c3ccccc3c3ccccc32)ncc1Oc1ccccc1N1CN(c2ccccc2)c2ccccc21. The van der Waals surface area contributed by atoms with Crippen molar-refractivity contribution in [3.8, 4) is 17.3 Å². The number of rotatable bonds is 7.